The van der Waals surface area contributed by atoms with Gasteiger partial charge in [0.05, 0.1) is 5.44 Å². The van der Waals surface area contributed by atoms with Crippen molar-refractivity contribution in [3.05, 3.63) is 30.9 Å². The van der Waals surface area contributed by atoms with Crippen LogP contribution in [0.15, 0.2) is 29.2 Å². The molecule has 1 aromatic carbocycles. The number of thioether (sulfide) groups is 1. The van der Waals surface area contributed by atoms with Crippen molar-refractivity contribution < 1.29 is 78.4 Å². The minimum atomic E-state index is 0. The van der Waals surface area contributed by atoms with Crippen LogP contribution in [0.3, 0.4) is 0 Å². The molecule has 1 unspecified atom stereocenters. The molecule has 1 heterocycles. The summed E-state index contributed by atoms with van der Waals surface area (Å²) >= 11 is 1.76. The molecule has 0 aromatic heterocycles. The monoisotopic (exact) mass is 413 g/mol. The SMILES string of the molecule is C[C@H]1[CH-]OC(Sc2cccc(OCCN(C)C)c2)C1.[Cs+]. The Kier molecular flexibility index (Phi) is 9.87. The van der Waals surface area contributed by atoms with E-state index in [1.54, 1.807) is 11.8 Å². The van der Waals surface area contributed by atoms with Gasteiger partial charge < -0.3 is 14.4 Å². The van der Waals surface area contributed by atoms with Crippen LogP contribution in [0, 0.1) is 12.5 Å². The number of benzene rings is 1. The average Bonchev–Trinajstić information content (AvgIpc) is 2.75. The van der Waals surface area contributed by atoms with Crippen LogP contribution in [0.2, 0.25) is 0 Å². The van der Waals surface area contributed by atoms with E-state index >= 15 is 0 Å². The van der Waals surface area contributed by atoms with Crippen LogP contribution in [0.1, 0.15) is 13.3 Å². The van der Waals surface area contributed by atoms with E-state index in [0.29, 0.717) is 12.5 Å². The standard InChI is InChI=1S/C15H22NO2S.Cs/c1-12-9-15(18-11-12)19-14-6-4-5-13(10-14)17-8-7-16(2)3;/h4-6,10-12,15H,7-9H2,1-3H3;/q-1;+1/t12-,15?;/m1./s1. The summed E-state index contributed by atoms with van der Waals surface area (Å²) in [5.41, 5.74) is 0.243. The molecule has 0 bridgehead atoms. The molecule has 0 radical (unpaired) electrons. The number of hydrogen-bond acceptors (Lipinski definition) is 4. The zero-order chi connectivity index (χ0) is 13.7. The van der Waals surface area contributed by atoms with Gasteiger partial charge in [-0.05, 0) is 38.7 Å². The Bertz CT molecular complexity index is 403. The van der Waals surface area contributed by atoms with Gasteiger partial charge in [0.15, 0.2) is 0 Å². The number of hydrogen-bond donors (Lipinski definition) is 0. The van der Waals surface area contributed by atoms with Gasteiger partial charge in [-0.2, -0.15) is 0 Å². The molecule has 2 rings (SSSR count). The molecule has 0 N–H and O–H groups in total. The Morgan fingerprint density at radius 1 is 1.45 bits per heavy atom. The molecular formula is C15H22CsNO2S. The maximum absolute atomic E-state index is 5.74. The molecule has 0 aliphatic carbocycles. The van der Waals surface area contributed by atoms with Crippen molar-refractivity contribution in [2.24, 2.45) is 5.92 Å². The summed E-state index contributed by atoms with van der Waals surface area (Å²) in [6.45, 7) is 5.76. The molecule has 20 heavy (non-hydrogen) atoms. The topological polar surface area (TPSA) is 21.7 Å². The maximum atomic E-state index is 5.74. The normalized spacial score (nSPS) is 21.8. The molecule has 1 aliphatic rings. The third kappa shape index (κ3) is 7.07. The van der Waals surface area contributed by atoms with Crippen LogP contribution < -0.4 is 73.6 Å². The summed E-state index contributed by atoms with van der Waals surface area (Å²) in [6, 6.07) is 8.24. The second kappa shape index (κ2) is 10.2. The zero-order valence-electron chi connectivity index (χ0n) is 12.8. The molecule has 3 nitrogen and oxygen atoms in total. The summed E-state index contributed by atoms with van der Waals surface area (Å²) in [6.07, 6.45) is 1.08. The second-order valence-electron chi connectivity index (χ2n) is 5.16. The van der Waals surface area contributed by atoms with E-state index in [4.69, 9.17) is 9.47 Å². The quantitative estimate of drug-likeness (QED) is 0.625. The van der Waals surface area contributed by atoms with E-state index in [1.165, 1.54) is 4.90 Å². The minimum Gasteiger partial charge on any atom is -0.542 e. The van der Waals surface area contributed by atoms with Gasteiger partial charge in [-0.25, -0.2) is 6.61 Å². The minimum absolute atomic E-state index is 0. The molecule has 1 aliphatic heterocycles. The average molecular weight is 413 g/mol. The first-order valence-electron chi connectivity index (χ1n) is 6.66. The fraction of sp³-hybridized carbons (Fsp3) is 0.533. The number of ether oxygens (including phenoxy) is 2. The molecule has 1 aromatic rings. The second-order valence-corrected chi connectivity index (χ2v) is 6.39. The van der Waals surface area contributed by atoms with Crippen molar-refractivity contribution in [2.75, 3.05) is 27.2 Å². The van der Waals surface area contributed by atoms with Crippen molar-refractivity contribution in [1.82, 2.24) is 4.90 Å². The molecule has 106 valence electrons. The molecule has 0 spiro atoms. The van der Waals surface area contributed by atoms with Gasteiger partial charge in [0, 0.05) is 11.4 Å². The van der Waals surface area contributed by atoms with Crippen LogP contribution >= 0.6 is 11.8 Å². The van der Waals surface area contributed by atoms with Gasteiger partial charge in [0.2, 0.25) is 0 Å². The van der Waals surface area contributed by atoms with Crippen molar-refractivity contribution in [3.8, 4) is 5.75 Å². The fourth-order valence-corrected chi connectivity index (χ4v) is 3.01. The number of rotatable bonds is 6. The van der Waals surface area contributed by atoms with Gasteiger partial charge in [0.1, 0.15) is 12.4 Å². The van der Waals surface area contributed by atoms with Crippen LogP contribution in [-0.2, 0) is 4.74 Å². The first-order valence-corrected chi connectivity index (χ1v) is 7.54. The van der Waals surface area contributed by atoms with Gasteiger partial charge in [-0.15, -0.1) is 5.92 Å². The first kappa shape index (κ1) is 19.4. The van der Waals surface area contributed by atoms with Crippen molar-refractivity contribution in [3.63, 3.8) is 0 Å². The van der Waals surface area contributed by atoms with Gasteiger partial charge in [-0.3, -0.25) is 0 Å². The third-order valence-electron chi connectivity index (χ3n) is 2.91. The number of nitrogens with zero attached hydrogens (tertiary/aromatic N) is 1. The van der Waals surface area contributed by atoms with E-state index in [-0.39, 0.29) is 74.3 Å². The molecule has 2 atom stereocenters. The van der Waals surface area contributed by atoms with Crippen LogP contribution in [-0.4, -0.2) is 37.6 Å². The Morgan fingerprint density at radius 3 is 2.90 bits per heavy atom. The van der Waals surface area contributed by atoms with Crippen LogP contribution in [0.25, 0.3) is 0 Å². The van der Waals surface area contributed by atoms with Crippen LogP contribution in [0.5, 0.6) is 5.75 Å². The fourth-order valence-electron chi connectivity index (χ4n) is 1.85. The summed E-state index contributed by atoms with van der Waals surface area (Å²) in [5, 5.41) is 0. The smallest absolute Gasteiger partial charge is 0.542 e. The maximum Gasteiger partial charge on any atom is 1.00 e. The van der Waals surface area contributed by atoms with Crippen molar-refractivity contribution in [2.45, 2.75) is 23.7 Å². The van der Waals surface area contributed by atoms with Gasteiger partial charge in [-0.1, -0.05) is 24.8 Å². The van der Waals surface area contributed by atoms with E-state index in [9.17, 15) is 0 Å². The largest absolute Gasteiger partial charge is 1.00 e. The molecule has 1 fully saturated rings. The Morgan fingerprint density at radius 2 is 2.25 bits per heavy atom. The summed E-state index contributed by atoms with van der Waals surface area (Å²) in [7, 11) is 4.09. The summed E-state index contributed by atoms with van der Waals surface area (Å²) < 4.78 is 11.4. The van der Waals surface area contributed by atoms with Gasteiger partial charge in [0.25, 0.3) is 0 Å². The molecule has 0 saturated carbocycles. The molecule has 5 heteroatoms. The zero-order valence-corrected chi connectivity index (χ0v) is 19.9. The predicted octanol–water partition coefficient (Wildman–Crippen LogP) is 0.267. The summed E-state index contributed by atoms with van der Waals surface area (Å²) in [4.78, 5) is 3.32. The van der Waals surface area contributed by atoms with E-state index in [2.05, 4.69) is 24.0 Å². The third-order valence-corrected chi connectivity index (χ3v) is 4.00. The van der Waals surface area contributed by atoms with Crippen molar-refractivity contribution >= 4 is 11.8 Å². The molecule has 0 amide bonds. The Balaban J connectivity index is 0.00000200. The first-order chi connectivity index (χ1) is 9.13. The van der Waals surface area contributed by atoms with E-state index in [0.717, 1.165) is 18.7 Å². The van der Waals surface area contributed by atoms with E-state index < -0.39 is 0 Å². The molecular weight excluding hydrogens is 391 g/mol. The van der Waals surface area contributed by atoms with E-state index in [1.807, 2.05) is 32.8 Å². The number of likely N-dealkylation sites (N-methyl/N-ethyl adjacent to an activating group) is 1. The molecule has 1 saturated heterocycles. The van der Waals surface area contributed by atoms with Crippen LogP contribution in [0.4, 0.5) is 0 Å². The predicted molar refractivity (Wildman–Crippen MR) is 79.3 cm³/mol. The summed E-state index contributed by atoms with van der Waals surface area (Å²) in [5.74, 6) is 1.49. The Hall–Kier alpha value is 1.34. The van der Waals surface area contributed by atoms with Crippen molar-refractivity contribution in [1.29, 1.82) is 0 Å². The van der Waals surface area contributed by atoms with Gasteiger partial charge >= 0.3 is 68.9 Å². The Labute approximate surface area is 185 Å².